The largest absolute Gasteiger partial charge is 1.00 e. The summed E-state index contributed by atoms with van der Waals surface area (Å²) in [6.07, 6.45) is 10.7. The monoisotopic (exact) mass is 518 g/mol. The molecule has 11 heteroatoms. The molecule has 0 aliphatic rings. The van der Waals surface area contributed by atoms with Gasteiger partial charge in [0.2, 0.25) is 0 Å². The number of carbonyl (C=O) groups excluding carboxylic acids is 2. The quantitative estimate of drug-likeness (QED) is 0.0560. The van der Waals surface area contributed by atoms with E-state index in [2.05, 4.69) is 58.8 Å². The SMILES string of the molecule is C#CC#CC#CC#CC#CC(=O)OC[C@@H](COP(=O)([O-])[O-])OC(=O)CCCCCCCCC.[Na+].[Na+]. The smallest absolute Gasteiger partial charge is 0.790 e. The Bertz CT molecular complexity index is 968. The van der Waals surface area contributed by atoms with E-state index in [1.54, 1.807) is 0 Å². The van der Waals surface area contributed by atoms with Crippen LogP contribution in [0.2, 0.25) is 0 Å². The Labute approximate surface area is 252 Å². The van der Waals surface area contributed by atoms with Crippen LogP contribution >= 0.6 is 7.82 Å². The molecule has 8 nitrogen and oxygen atoms in total. The second kappa shape index (κ2) is 25.9. The average Bonchev–Trinajstić information content (AvgIpc) is 2.76. The van der Waals surface area contributed by atoms with Crippen molar-refractivity contribution >= 4 is 19.8 Å². The first-order valence-electron chi connectivity index (χ1n) is 10.3. The first-order valence-corrected chi connectivity index (χ1v) is 11.7. The van der Waals surface area contributed by atoms with Crippen molar-refractivity contribution in [3.63, 3.8) is 0 Å². The molecule has 0 aliphatic heterocycles. The van der Waals surface area contributed by atoms with Crippen LogP contribution in [0.5, 0.6) is 0 Å². The number of esters is 2. The predicted octanol–water partition coefficient (Wildman–Crippen LogP) is -4.92. The first kappa shape index (κ1) is 38.4. The van der Waals surface area contributed by atoms with E-state index in [4.69, 9.17) is 15.9 Å². The van der Waals surface area contributed by atoms with Crippen LogP contribution in [0.1, 0.15) is 58.3 Å². The Hall–Kier alpha value is -1.15. The van der Waals surface area contributed by atoms with Crippen LogP contribution in [-0.2, 0) is 28.2 Å². The molecule has 0 spiro atoms. The minimum atomic E-state index is -5.30. The summed E-state index contributed by atoms with van der Waals surface area (Å²) in [6, 6.07) is 0. The number of carbonyl (C=O) groups is 2. The van der Waals surface area contributed by atoms with E-state index in [-0.39, 0.29) is 65.5 Å². The molecule has 0 aromatic heterocycles. The van der Waals surface area contributed by atoms with E-state index in [9.17, 15) is 23.9 Å². The molecule has 0 saturated heterocycles. The van der Waals surface area contributed by atoms with E-state index in [0.29, 0.717) is 6.42 Å². The summed E-state index contributed by atoms with van der Waals surface area (Å²) in [5.41, 5.74) is 0. The van der Waals surface area contributed by atoms with Gasteiger partial charge in [0.15, 0.2) is 6.10 Å². The summed E-state index contributed by atoms with van der Waals surface area (Å²) in [5, 5.41) is 0. The number of terminal acetylenes is 1. The molecule has 0 aromatic carbocycles. The van der Waals surface area contributed by atoms with Crippen molar-refractivity contribution < 1.29 is 97.1 Å². The standard InChI is InChI=1S/C24H27O8P.2Na/c1-3-5-7-9-11-13-14-16-18-23(25)30-20-22(21-31-33(27,28)29)32-24(26)19-17-15-12-10-8-6-4-2;;/h1,22H,4,6,8,10,12,15,17,19-21H2,2H3,(H2,27,28,29);;/q;2*+1/p-2/t22-;;/m0../s1. The topological polar surface area (TPSA) is 125 Å². The third-order valence-corrected chi connectivity index (χ3v) is 4.18. The number of ether oxygens (including phenoxy) is 2. The molecule has 0 bridgehead atoms. The van der Waals surface area contributed by atoms with E-state index in [1.165, 1.54) is 6.42 Å². The molecular weight excluding hydrogens is 493 g/mol. The van der Waals surface area contributed by atoms with Crippen LogP contribution in [0.15, 0.2) is 0 Å². The van der Waals surface area contributed by atoms with Crippen LogP contribution < -0.4 is 68.9 Å². The summed E-state index contributed by atoms with van der Waals surface area (Å²) < 4.78 is 24.7. The molecule has 0 rings (SSSR count). The van der Waals surface area contributed by atoms with Crippen molar-refractivity contribution in [3.8, 4) is 59.7 Å². The molecule has 1 atom stereocenters. The van der Waals surface area contributed by atoms with Gasteiger partial charge in [0.25, 0.3) is 0 Å². The van der Waals surface area contributed by atoms with Gasteiger partial charge in [-0.1, -0.05) is 45.4 Å². The fraction of sp³-hybridized carbons (Fsp3) is 0.500. The van der Waals surface area contributed by atoms with Crippen molar-refractivity contribution in [3.05, 3.63) is 0 Å². The molecule has 35 heavy (non-hydrogen) atoms. The van der Waals surface area contributed by atoms with Crippen LogP contribution in [0.25, 0.3) is 0 Å². The zero-order valence-electron chi connectivity index (χ0n) is 20.4. The molecule has 0 heterocycles. The van der Waals surface area contributed by atoms with Gasteiger partial charge in [-0.2, -0.15) is 0 Å². The fourth-order valence-corrected chi connectivity index (χ4v) is 2.59. The van der Waals surface area contributed by atoms with Crippen molar-refractivity contribution in [2.24, 2.45) is 0 Å². The number of hydrogen-bond donors (Lipinski definition) is 0. The second-order valence-electron chi connectivity index (χ2n) is 6.47. The van der Waals surface area contributed by atoms with Gasteiger partial charge in [0.1, 0.15) is 6.61 Å². The van der Waals surface area contributed by atoms with Gasteiger partial charge in [-0.3, -0.25) is 4.79 Å². The first-order chi connectivity index (χ1) is 15.8. The molecular formula is C24H25Na2O8P. The molecule has 0 aliphatic carbocycles. The van der Waals surface area contributed by atoms with Gasteiger partial charge in [-0.05, 0) is 53.8 Å². The Morgan fingerprint density at radius 1 is 0.857 bits per heavy atom. The van der Waals surface area contributed by atoms with Crippen molar-refractivity contribution in [2.45, 2.75) is 64.4 Å². The van der Waals surface area contributed by atoms with E-state index in [0.717, 1.165) is 32.1 Å². The third-order valence-electron chi connectivity index (χ3n) is 3.71. The van der Waals surface area contributed by atoms with E-state index in [1.807, 2.05) is 5.92 Å². The molecule has 0 unspecified atom stereocenters. The maximum Gasteiger partial charge on any atom is 1.00 e. The third kappa shape index (κ3) is 29.0. The van der Waals surface area contributed by atoms with E-state index < -0.39 is 39.1 Å². The van der Waals surface area contributed by atoms with Gasteiger partial charge >= 0.3 is 71.1 Å². The summed E-state index contributed by atoms with van der Waals surface area (Å²) in [6.45, 7) is 0.802. The minimum Gasteiger partial charge on any atom is -0.790 e. The maximum absolute atomic E-state index is 12.0. The Balaban J connectivity index is -0.00000512. The fourth-order valence-electron chi connectivity index (χ4n) is 2.24. The van der Waals surface area contributed by atoms with Crippen molar-refractivity contribution in [1.29, 1.82) is 0 Å². The summed E-state index contributed by atoms with van der Waals surface area (Å²) in [7, 11) is -5.30. The second-order valence-corrected chi connectivity index (χ2v) is 7.62. The Morgan fingerprint density at radius 2 is 1.40 bits per heavy atom. The van der Waals surface area contributed by atoms with Crippen LogP contribution in [0, 0.1) is 59.7 Å². The Kier molecular flexibility index (Phi) is 28.4. The van der Waals surface area contributed by atoms with Crippen molar-refractivity contribution in [2.75, 3.05) is 13.2 Å². The van der Waals surface area contributed by atoms with Crippen LogP contribution in [0.3, 0.4) is 0 Å². The van der Waals surface area contributed by atoms with Gasteiger partial charge in [-0.25, -0.2) is 4.79 Å². The van der Waals surface area contributed by atoms with Gasteiger partial charge < -0.3 is 28.3 Å². The van der Waals surface area contributed by atoms with Gasteiger partial charge in [-0.15, -0.1) is 6.42 Å². The summed E-state index contributed by atoms with van der Waals surface area (Å²) in [4.78, 5) is 45.0. The zero-order valence-corrected chi connectivity index (χ0v) is 25.3. The van der Waals surface area contributed by atoms with Crippen LogP contribution in [-0.4, -0.2) is 31.3 Å². The minimum absolute atomic E-state index is 0. The van der Waals surface area contributed by atoms with Crippen LogP contribution in [0.4, 0.5) is 0 Å². The number of unbranched alkanes of at least 4 members (excludes halogenated alkanes) is 6. The van der Waals surface area contributed by atoms with E-state index >= 15 is 0 Å². The zero-order chi connectivity index (χ0) is 24.8. The summed E-state index contributed by atoms with van der Waals surface area (Å²) >= 11 is 0. The molecule has 0 saturated carbocycles. The predicted molar refractivity (Wildman–Crippen MR) is 117 cm³/mol. The average molecular weight is 518 g/mol. The molecule has 0 amide bonds. The van der Waals surface area contributed by atoms with Gasteiger partial charge in [0.05, 0.1) is 14.4 Å². The van der Waals surface area contributed by atoms with Crippen molar-refractivity contribution in [1.82, 2.24) is 0 Å². The number of rotatable bonds is 14. The molecule has 0 N–H and O–H groups in total. The normalized spacial score (nSPS) is 9.66. The molecule has 0 fully saturated rings. The summed E-state index contributed by atoms with van der Waals surface area (Å²) in [5.74, 6) is 18.5. The number of hydrogen-bond acceptors (Lipinski definition) is 8. The molecule has 0 aromatic rings. The van der Waals surface area contributed by atoms with Gasteiger partial charge in [0, 0.05) is 12.3 Å². The molecule has 176 valence electrons. The molecule has 0 radical (unpaired) electrons. The number of phosphoric acid groups is 1. The number of phosphoric ester groups is 1. The Morgan fingerprint density at radius 3 is 1.97 bits per heavy atom. The maximum atomic E-state index is 12.0.